The number of carbonyl (C=O) groups excluding carboxylic acids is 4. The van der Waals surface area contributed by atoms with Crippen molar-refractivity contribution in [3.05, 3.63) is 12.2 Å². The lowest BCUT2D eigenvalue weighted by molar-refractivity contribution is -0.159. The van der Waals surface area contributed by atoms with E-state index in [2.05, 4.69) is 23.3 Å². The van der Waals surface area contributed by atoms with Gasteiger partial charge in [-0.2, -0.15) is 0 Å². The summed E-state index contributed by atoms with van der Waals surface area (Å²) in [7, 11) is 0. The van der Waals surface area contributed by atoms with E-state index in [4.69, 9.17) is 0 Å². The summed E-state index contributed by atoms with van der Waals surface area (Å²) >= 11 is 0. The summed E-state index contributed by atoms with van der Waals surface area (Å²) in [6.07, 6.45) is 11.7. The van der Waals surface area contributed by atoms with Gasteiger partial charge in [-0.3, -0.25) is 9.59 Å². The summed E-state index contributed by atoms with van der Waals surface area (Å²) in [5.74, 6) is -3.11. The fraction of sp³-hybridized carbons (Fsp3) is 0.700. The third-order valence-corrected chi connectivity index (χ3v) is 3.75. The highest BCUT2D eigenvalue weighted by atomic mass is 16.6. The topological polar surface area (TPSA) is 86.7 Å². The molecule has 0 aliphatic heterocycles. The first-order valence-electron chi connectivity index (χ1n) is 9.66. The molecule has 0 amide bonds. The third-order valence-electron chi connectivity index (χ3n) is 3.75. The van der Waals surface area contributed by atoms with E-state index in [-0.39, 0.29) is 12.8 Å². The molecule has 0 aliphatic rings. The first kappa shape index (κ1) is 24.0. The van der Waals surface area contributed by atoms with Crippen LogP contribution >= 0.6 is 0 Å². The van der Waals surface area contributed by atoms with E-state index in [9.17, 15) is 19.2 Å². The molecule has 0 saturated heterocycles. The molecule has 0 fully saturated rings. The molecule has 0 bridgehead atoms. The molecule has 0 aliphatic carbocycles. The Bertz CT molecular complexity index is 425. The van der Waals surface area contributed by atoms with Crippen LogP contribution in [0.1, 0.15) is 90.9 Å². The quantitative estimate of drug-likeness (QED) is 0.195. The molecule has 0 N–H and O–H groups in total. The van der Waals surface area contributed by atoms with Crippen molar-refractivity contribution in [3.63, 3.8) is 0 Å². The maximum Gasteiger partial charge on any atom is 0.338 e. The monoisotopic (exact) mass is 368 g/mol. The van der Waals surface area contributed by atoms with Crippen molar-refractivity contribution in [2.45, 2.75) is 90.9 Å². The molecule has 6 nitrogen and oxygen atoms in total. The Hall–Kier alpha value is -1.98. The van der Waals surface area contributed by atoms with Crippen LogP contribution in [0.25, 0.3) is 0 Å². The Labute approximate surface area is 156 Å². The summed E-state index contributed by atoms with van der Waals surface area (Å²) in [4.78, 5) is 45.8. The van der Waals surface area contributed by atoms with Crippen LogP contribution in [0.15, 0.2) is 12.2 Å². The van der Waals surface area contributed by atoms with Crippen molar-refractivity contribution < 1.29 is 28.7 Å². The van der Waals surface area contributed by atoms with Gasteiger partial charge >= 0.3 is 23.9 Å². The lowest BCUT2D eigenvalue weighted by Gasteiger charge is -2.01. The van der Waals surface area contributed by atoms with E-state index in [1.165, 1.54) is 0 Å². The van der Waals surface area contributed by atoms with Crippen LogP contribution in [0.2, 0.25) is 0 Å². The molecule has 0 spiro atoms. The minimum Gasteiger partial charge on any atom is -0.390 e. The van der Waals surface area contributed by atoms with E-state index in [0.717, 1.165) is 63.5 Å². The van der Waals surface area contributed by atoms with Crippen LogP contribution in [0.3, 0.4) is 0 Å². The minimum absolute atomic E-state index is 0.171. The molecule has 148 valence electrons. The van der Waals surface area contributed by atoms with E-state index >= 15 is 0 Å². The molecule has 0 aromatic rings. The molecular weight excluding hydrogens is 336 g/mol. The number of ether oxygens (including phenoxy) is 2. The first-order chi connectivity index (χ1) is 12.5. The molecule has 0 rings (SSSR count). The number of esters is 4. The van der Waals surface area contributed by atoms with Crippen LogP contribution in [0.5, 0.6) is 0 Å². The average molecular weight is 368 g/mol. The molecule has 0 saturated carbocycles. The van der Waals surface area contributed by atoms with E-state index in [0.29, 0.717) is 12.8 Å². The minimum atomic E-state index is -0.937. The third kappa shape index (κ3) is 15.5. The highest BCUT2D eigenvalue weighted by Gasteiger charge is 2.10. The van der Waals surface area contributed by atoms with Gasteiger partial charge in [-0.1, -0.05) is 65.2 Å². The number of hydrogen-bond donors (Lipinski definition) is 0. The van der Waals surface area contributed by atoms with Crippen LogP contribution in [-0.2, 0) is 28.7 Å². The van der Waals surface area contributed by atoms with Crippen molar-refractivity contribution in [1.82, 2.24) is 0 Å². The number of rotatable bonds is 14. The van der Waals surface area contributed by atoms with Crippen molar-refractivity contribution in [2.75, 3.05) is 0 Å². The van der Waals surface area contributed by atoms with Gasteiger partial charge in [0.1, 0.15) is 0 Å². The standard InChI is InChI=1S/C20H32O6/c1-3-5-7-9-11-13-17(21)25-19(23)15-16-20(24)26-18(22)14-12-10-8-6-4-2/h15-16H,3-14H2,1-2H3/b16-15-. The van der Waals surface area contributed by atoms with Crippen molar-refractivity contribution in [3.8, 4) is 0 Å². The van der Waals surface area contributed by atoms with Crippen LogP contribution in [0, 0.1) is 0 Å². The zero-order valence-corrected chi connectivity index (χ0v) is 16.1. The predicted octanol–water partition coefficient (Wildman–Crippen LogP) is 4.40. The SMILES string of the molecule is CCCCCCCC(=O)OC(=O)/C=C\C(=O)OC(=O)CCCCCCC. The van der Waals surface area contributed by atoms with Gasteiger partial charge in [-0.15, -0.1) is 0 Å². The van der Waals surface area contributed by atoms with Crippen LogP contribution < -0.4 is 0 Å². The van der Waals surface area contributed by atoms with Crippen LogP contribution in [0.4, 0.5) is 0 Å². The second-order valence-electron chi connectivity index (χ2n) is 6.25. The summed E-state index contributed by atoms with van der Waals surface area (Å²) in [6, 6.07) is 0. The summed E-state index contributed by atoms with van der Waals surface area (Å²) in [5.41, 5.74) is 0. The van der Waals surface area contributed by atoms with E-state index in [1.807, 2.05) is 0 Å². The smallest absolute Gasteiger partial charge is 0.338 e. The van der Waals surface area contributed by atoms with Gasteiger partial charge < -0.3 is 9.47 Å². The molecular formula is C20H32O6. The van der Waals surface area contributed by atoms with Gasteiger partial charge in [0.2, 0.25) is 0 Å². The van der Waals surface area contributed by atoms with Gasteiger partial charge in [0.15, 0.2) is 0 Å². The molecule has 0 aromatic carbocycles. The van der Waals surface area contributed by atoms with E-state index < -0.39 is 23.9 Å². The van der Waals surface area contributed by atoms with Crippen molar-refractivity contribution >= 4 is 23.9 Å². The van der Waals surface area contributed by atoms with Crippen molar-refractivity contribution in [1.29, 1.82) is 0 Å². The lowest BCUT2D eigenvalue weighted by Crippen LogP contribution is -2.12. The Morgan fingerprint density at radius 2 is 0.923 bits per heavy atom. The Kier molecular flexibility index (Phi) is 15.2. The number of unbranched alkanes of at least 4 members (excludes halogenated alkanes) is 8. The summed E-state index contributed by atoms with van der Waals surface area (Å²) in [5, 5.41) is 0. The normalized spacial score (nSPS) is 10.7. The Balaban J connectivity index is 3.87. The lowest BCUT2D eigenvalue weighted by atomic mass is 10.1. The largest absolute Gasteiger partial charge is 0.390 e. The predicted molar refractivity (Wildman–Crippen MR) is 98.1 cm³/mol. The van der Waals surface area contributed by atoms with Crippen LogP contribution in [-0.4, -0.2) is 23.9 Å². The van der Waals surface area contributed by atoms with Gasteiger partial charge in [0.25, 0.3) is 0 Å². The molecule has 26 heavy (non-hydrogen) atoms. The summed E-state index contributed by atoms with van der Waals surface area (Å²) in [6.45, 7) is 4.21. The summed E-state index contributed by atoms with van der Waals surface area (Å²) < 4.78 is 9.11. The first-order valence-corrected chi connectivity index (χ1v) is 9.66. The zero-order chi connectivity index (χ0) is 19.6. The second-order valence-corrected chi connectivity index (χ2v) is 6.25. The average Bonchev–Trinajstić information content (AvgIpc) is 2.59. The Morgan fingerprint density at radius 1 is 0.577 bits per heavy atom. The van der Waals surface area contributed by atoms with Crippen molar-refractivity contribution in [2.24, 2.45) is 0 Å². The second kappa shape index (κ2) is 16.5. The molecule has 0 atom stereocenters. The fourth-order valence-electron chi connectivity index (χ4n) is 2.28. The van der Waals surface area contributed by atoms with E-state index in [1.54, 1.807) is 0 Å². The highest BCUT2D eigenvalue weighted by molar-refractivity contribution is 5.98. The maximum absolute atomic E-state index is 11.5. The molecule has 0 radical (unpaired) electrons. The number of carbonyl (C=O) groups is 4. The Morgan fingerprint density at radius 3 is 1.27 bits per heavy atom. The number of hydrogen-bond acceptors (Lipinski definition) is 6. The highest BCUT2D eigenvalue weighted by Crippen LogP contribution is 2.07. The van der Waals surface area contributed by atoms with Gasteiger partial charge in [-0.25, -0.2) is 9.59 Å². The molecule has 6 heteroatoms. The maximum atomic E-state index is 11.5. The van der Waals surface area contributed by atoms with Gasteiger partial charge in [0, 0.05) is 25.0 Å². The molecule has 0 heterocycles. The zero-order valence-electron chi connectivity index (χ0n) is 16.1. The van der Waals surface area contributed by atoms with Gasteiger partial charge in [0.05, 0.1) is 0 Å². The molecule has 0 unspecified atom stereocenters. The molecule has 0 aromatic heterocycles. The fourth-order valence-corrected chi connectivity index (χ4v) is 2.28. The van der Waals surface area contributed by atoms with Gasteiger partial charge in [-0.05, 0) is 12.8 Å².